The van der Waals surface area contributed by atoms with Crippen LogP contribution in [0.5, 0.6) is 0 Å². The molecule has 0 spiro atoms. The summed E-state index contributed by atoms with van der Waals surface area (Å²) in [4.78, 5) is 12.9. The number of amides is 1. The van der Waals surface area contributed by atoms with E-state index in [1.165, 1.54) is 12.1 Å². The third kappa shape index (κ3) is 5.58. The molecule has 0 aliphatic carbocycles. The smallest absolute Gasteiger partial charge is 0.264 e. The van der Waals surface area contributed by atoms with Crippen LogP contribution in [0, 0.1) is 13.8 Å². The molecule has 1 amide bonds. The predicted molar refractivity (Wildman–Crippen MR) is 146 cm³/mol. The van der Waals surface area contributed by atoms with E-state index < -0.39 is 22.5 Å². The summed E-state index contributed by atoms with van der Waals surface area (Å²) in [6.45, 7) is 3.54. The summed E-state index contributed by atoms with van der Waals surface area (Å²) in [6, 6.07) is 26.7. The molecule has 3 aromatic carbocycles. The number of aryl methyl sites for hydroxylation is 1. The van der Waals surface area contributed by atoms with E-state index >= 15 is 0 Å². The van der Waals surface area contributed by atoms with Gasteiger partial charge in [0.1, 0.15) is 6.54 Å². The standard InChI is InChI=1S/C27H25BrN4O3S/c1-20-16-22(21(2)32(20)24-11-5-3-6-12-24)18-29-30-27(33)19-31(25-13-9-10-23(28)17-25)36(34,35)26-14-7-4-8-15-26/h3-18H,19H2,1-2H3,(H,30,33)/b29-18+. The van der Waals surface area contributed by atoms with Crippen molar-refractivity contribution in [1.82, 2.24) is 9.99 Å². The van der Waals surface area contributed by atoms with E-state index in [4.69, 9.17) is 0 Å². The van der Waals surface area contributed by atoms with Crippen LogP contribution in [-0.4, -0.2) is 31.7 Å². The molecule has 4 aromatic rings. The molecule has 36 heavy (non-hydrogen) atoms. The highest BCUT2D eigenvalue weighted by Gasteiger charge is 2.27. The summed E-state index contributed by atoms with van der Waals surface area (Å²) >= 11 is 3.37. The van der Waals surface area contributed by atoms with Crippen LogP contribution in [-0.2, 0) is 14.8 Å². The van der Waals surface area contributed by atoms with Gasteiger partial charge >= 0.3 is 0 Å². The summed E-state index contributed by atoms with van der Waals surface area (Å²) in [6.07, 6.45) is 1.56. The fourth-order valence-corrected chi connectivity index (χ4v) is 5.72. The zero-order chi connectivity index (χ0) is 25.7. The number of hydrogen-bond donors (Lipinski definition) is 1. The first-order valence-corrected chi connectivity index (χ1v) is 13.4. The van der Waals surface area contributed by atoms with Gasteiger partial charge in [-0.05, 0) is 62.4 Å². The Balaban J connectivity index is 1.54. The Kier molecular flexibility index (Phi) is 7.71. The third-order valence-electron chi connectivity index (χ3n) is 5.59. The first-order valence-electron chi connectivity index (χ1n) is 11.2. The number of sulfonamides is 1. The van der Waals surface area contributed by atoms with E-state index in [0.29, 0.717) is 10.2 Å². The number of aromatic nitrogens is 1. The number of nitrogens with one attached hydrogen (secondary N) is 1. The fraction of sp³-hybridized carbons (Fsp3) is 0.111. The second-order valence-electron chi connectivity index (χ2n) is 8.10. The SMILES string of the molecule is Cc1cc(/C=N/NC(=O)CN(c2cccc(Br)c2)S(=O)(=O)c2ccccc2)c(C)n1-c1ccccc1. The van der Waals surface area contributed by atoms with E-state index in [1.807, 2.05) is 50.2 Å². The first kappa shape index (κ1) is 25.4. The van der Waals surface area contributed by atoms with Gasteiger partial charge in [0, 0.05) is 27.1 Å². The normalized spacial score (nSPS) is 11.5. The lowest BCUT2D eigenvalue weighted by atomic mass is 10.2. The fourth-order valence-electron chi connectivity index (χ4n) is 3.90. The minimum Gasteiger partial charge on any atom is -0.318 e. The summed E-state index contributed by atoms with van der Waals surface area (Å²) in [5.41, 5.74) is 6.71. The Hall–Kier alpha value is -3.69. The molecule has 1 N–H and O–H groups in total. The maximum Gasteiger partial charge on any atom is 0.264 e. The maximum absolute atomic E-state index is 13.4. The molecule has 9 heteroatoms. The molecule has 4 rings (SSSR count). The second-order valence-corrected chi connectivity index (χ2v) is 10.9. The molecule has 0 aliphatic heterocycles. The van der Waals surface area contributed by atoms with E-state index in [0.717, 1.165) is 26.9 Å². The van der Waals surface area contributed by atoms with Gasteiger partial charge < -0.3 is 4.57 Å². The van der Waals surface area contributed by atoms with Gasteiger partial charge in [0.15, 0.2) is 0 Å². The Labute approximate surface area is 219 Å². The van der Waals surface area contributed by atoms with Crippen LogP contribution in [0.15, 0.2) is 105 Å². The van der Waals surface area contributed by atoms with E-state index in [2.05, 4.69) is 31.0 Å². The number of anilines is 1. The van der Waals surface area contributed by atoms with Crippen molar-refractivity contribution >= 4 is 43.8 Å². The number of rotatable bonds is 8. The zero-order valence-corrected chi connectivity index (χ0v) is 22.2. The maximum atomic E-state index is 13.4. The minimum absolute atomic E-state index is 0.0922. The van der Waals surface area contributed by atoms with Crippen LogP contribution in [0.1, 0.15) is 17.0 Å². The van der Waals surface area contributed by atoms with Crippen LogP contribution in [0.25, 0.3) is 5.69 Å². The minimum atomic E-state index is -3.99. The summed E-state index contributed by atoms with van der Waals surface area (Å²) in [5, 5.41) is 4.10. The molecule has 0 unspecified atom stereocenters. The molecule has 0 bridgehead atoms. The number of halogens is 1. The number of carbonyl (C=O) groups excluding carboxylic acids is 1. The quantitative estimate of drug-likeness (QED) is 0.236. The molecule has 0 aliphatic rings. The van der Waals surface area contributed by atoms with Crippen LogP contribution in [0.2, 0.25) is 0 Å². The Morgan fingerprint density at radius 3 is 2.31 bits per heavy atom. The highest BCUT2D eigenvalue weighted by Crippen LogP contribution is 2.26. The topological polar surface area (TPSA) is 83.8 Å². The predicted octanol–water partition coefficient (Wildman–Crippen LogP) is 5.20. The summed E-state index contributed by atoms with van der Waals surface area (Å²) in [7, 11) is -3.99. The van der Waals surface area contributed by atoms with Gasteiger partial charge in [0.25, 0.3) is 15.9 Å². The molecule has 184 valence electrons. The first-order chi connectivity index (χ1) is 17.3. The van der Waals surface area contributed by atoms with Crippen molar-refractivity contribution in [2.24, 2.45) is 5.10 Å². The van der Waals surface area contributed by atoms with Crippen molar-refractivity contribution in [1.29, 1.82) is 0 Å². The third-order valence-corrected chi connectivity index (χ3v) is 7.87. The molecule has 7 nitrogen and oxygen atoms in total. The second kappa shape index (κ2) is 10.9. The highest BCUT2D eigenvalue weighted by atomic mass is 79.9. The van der Waals surface area contributed by atoms with Crippen molar-refractivity contribution in [3.8, 4) is 5.69 Å². The molecular weight excluding hydrogens is 540 g/mol. The lowest BCUT2D eigenvalue weighted by Gasteiger charge is -2.23. The highest BCUT2D eigenvalue weighted by molar-refractivity contribution is 9.10. The van der Waals surface area contributed by atoms with Crippen molar-refractivity contribution in [2.45, 2.75) is 18.7 Å². The molecule has 0 saturated carbocycles. The number of para-hydroxylation sites is 1. The van der Waals surface area contributed by atoms with Gasteiger partial charge in [-0.15, -0.1) is 0 Å². The number of carbonyl (C=O) groups is 1. The Bertz CT molecular complexity index is 1500. The number of hydrogen-bond acceptors (Lipinski definition) is 4. The molecular formula is C27H25BrN4O3S. The van der Waals surface area contributed by atoms with Crippen molar-refractivity contribution in [2.75, 3.05) is 10.8 Å². The van der Waals surface area contributed by atoms with E-state index in [-0.39, 0.29) is 4.90 Å². The monoisotopic (exact) mass is 564 g/mol. The lowest BCUT2D eigenvalue weighted by molar-refractivity contribution is -0.119. The average Bonchev–Trinajstić information content (AvgIpc) is 3.16. The number of benzene rings is 3. The largest absolute Gasteiger partial charge is 0.318 e. The van der Waals surface area contributed by atoms with Crippen LogP contribution in [0.4, 0.5) is 5.69 Å². The van der Waals surface area contributed by atoms with Gasteiger partial charge in [-0.2, -0.15) is 5.10 Å². The Morgan fingerprint density at radius 1 is 0.972 bits per heavy atom. The van der Waals surface area contributed by atoms with Crippen LogP contribution in [0.3, 0.4) is 0 Å². The van der Waals surface area contributed by atoms with Gasteiger partial charge in [0.2, 0.25) is 0 Å². The zero-order valence-electron chi connectivity index (χ0n) is 19.8. The van der Waals surface area contributed by atoms with E-state index in [1.54, 1.807) is 48.7 Å². The summed E-state index contributed by atoms with van der Waals surface area (Å²) < 4.78 is 30.6. The van der Waals surface area contributed by atoms with Gasteiger partial charge in [-0.1, -0.05) is 58.4 Å². The lowest BCUT2D eigenvalue weighted by Crippen LogP contribution is -2.39. The Morgan fingerprint density at radius 2 is 1.64 bits per heavy atom. The summed E-state index contributed by atoms with van der Waals surface area (Å²) in [5.74, 6) is -0.567. The van der Waals surface area contributed by atoms with Gasteiger partial charge in [0.05, 0.1) is 16.8 Å². The van der Waals surface area contributed by atoms with Gasteiger partial charge in [-0.25, -0.2) is 13.8 Å². The molecule has 0 saturated heterocycles. The molecule has 0 radical (unpaired) electrons. The molecule has 0 fully saturated rings. The van der Waals surface area contributed by atoms with Crippen LogP contribution >= 0.6 is 15.9 Å². The van der Waals surface area contributed by atoms with Crippen LogP contribution < -0.4 is 9.73 Å². The molecule has 1 aromatic heterocycles. The molecule has 0 atom stereocenters. The average molecular weight is 565 g/mol. The van der Waals surface area contributed by atoms with Crippen molar-refractivity contribution < 1.29 is 13.2 Å². The van der Waals surface area contributed by atoms with E-state index in [9.17, 15) is 13.2 Å². The van der Waals surface area contributed by atoms with Crippen molar-refractivity contribution in [3.05, 3.63) is 112 Å². The molecule has 1 heterocycles. The number of nitrogens with zero attached hydrogens (tertiary/aromatic N) is 3. The van der Waals surface area contributed by atoms with Gasteiger partial charge in [-0.3, -0.25) is 9.10 Å². The number of hydrazone groups is 1. The van der Waals surface area contributed by atoms with Crippen molar-refractivity contribution in [3.63, 3.8) is 0 Å².